The average molecular weight is 341 g/mol. The number of nitrogens with zero attached hydrogens (tertiary/aromatic N) is 1. The average Bonchev–Trinajstić information content (AvgIpc) is 3.07. The van der Waals surface area contributed by atoms with Crippen LogP contribution in [-0.2, 0) is 13.0 Å². The SMILES string of the molecule is CC(C)(C)NC(=O)NC[C@@H](c1ccco1)N1CCc2ccccc2C1. The predicted molar refractivity (Wildman–Crippen MR) is 98.3 cm³/mol. The third-order valence-electron chi connectivity index (χ3n) is 4.42. The summed E-state index contributed by atoms with van der Waals surface area (Å²) in [6.45, 7) is 8.24. The molecule has 25 heavy (non-hydrogen) atoms. The molecule has 134 valence electrons. The van der Waals surface area contributed by atoms with E-state index in [1.807, 2.05) is 32.9 Å². The molecule has 0 radical (unpaired) electrons. The van der Waals surface area contributed by atoms with Gasteiger partial charge in [0.2, 0.25) is 0 Å². The van der Waals surface area contributed by atoms with E-state index in [-0.39, 0.29) is 17.6 Å². The molecule has 5 nitrogen and oxygen atoms in total. The molecule has 2 heterocycles. The molecular weight excluding hydrogens is 314 g/mol. The molecule has 1 aliphatic rings. The van der Waals surface area contributed by atoms with Crippen molar-refractivity contribution in [2.45, 2.75) is 45.3 Å². The van der Waals surface area contributed by atoms with Gasteiger partial charge in [-0.15, -0.1) is 0 Å². The number of hydrogen-bond acceptors (Lipinski definition) is 3. The number of nitrogens with one attached hydrogen (secondary N) is 2. The van der Waals surface area contributed by atoms with E-state index in [1.54, 1.807) is 6.26 Å². The number of furan rings is 1. The van der Waals surface area contributed by atoms with Crippen LogP contribution in [0.5, 0.6) is 0 Å². The molecule has 2 N–H and O–H groups in total. The fraction of sp³-hybridized carbons (Fsp3) is 0.450. The molecule has 0 fully saturated rings. The van der Waals surface area contributed by atoms with Gasteiger partial charge in [-0.3, -0.25) is 4.90 Å². The fourth-order valence-corrected chi connectivity index (χ4v) is 3.25. The molecule has 2 aromatic rings. The van der Waals surface area contributed by atoms with Gasteiger partial charge in [-0.1, -0.05) is 24.3 Å². The summed E-state index contributed by atoms with van der Waals surface area (Å²) < 4.78 is 5.66. The Bertz CT molecular complexity index is 704. The van der Waals surface area contributed by atoms with E-state index in [2.05, 4.69) is 39.8 Å². The van der Waals surface area contributed by atoms with Gasteiger partial charge in [-0.2, -0.15) is 0 Å². The van der Waals surface area contributed by atoms with E-state index in [0.717, 1.165) is 25.3 Å². The van der Waals surface area contributed by atoms with Crippen LogP contribution in [0.25, 0.3) is 0 Å². The Kier molecular flexibility index (Phi) is 5.13. The van der Waals surface area contributed by atoms with Crippen LogP contribution in [0.1, 0.15) is 43.7 Å². The Morgan fingerprint density at radius 1 is 1.20 bits per heavy atom. The smallest absolute Gasteiger partial charge is 0.315 e. The lowest BCUT2D eigenvalue weighted by Crippen LogP contribution is -2.49. The van der Waals surface area contributed by atoms with Crippen LogP contribution in [0, 0.1) is 0 Å². The fourth-order valence-electron chi connectivity index (χ4n) is 3.25. The maximum atomic E-state index is 12.1. The van der Waals surface area contributed by atoms with E-state index in [4.69, 9.17) is 4.42 Å². The van der Waals surface area contributed by atoms with E-state index >= 15 is 0 Å². The number of fused-ring (bicyclic) bond motifs is 1. The quantitative estimate of drug-likeness (QED) is 0.895. The van der Waals surface area contributed by atoms with Crippen LogP contribution in [0.2, 0.25) is 0 Å². The van der Waals surface area contributed by atoms with E-state index in [0.29, 0.717) is 6.54 Å². The Labute approximate surface area is 149 Å². The third kappa shape index (κ3) is 4.63. The highest BCUT2D eigenvalue weighted by molar-refractivity contribution is 5.74. The topological polar surface area (TPSA) is 57.5 Å². The second-order valence-corrected chi connectivity index (χ2v) is 7.61. The number of hydrogen-bond donors (Lipinski definition) is 2. The minimum atomic E-state index is -0.256. The van der Waals surface area contributed by atoms with Gasteiger partial charge < -0.3 is 15.1 Å². The standard InChI is InChI=1S/C20H27N3O2/c1-20(2,3)22-19(24)21-13-17(18-9-6-12-25-18)23-11-10-15-7-4-5-8-16(15)14-23/h4-9,12,17H,10-11,13-14H2,1-3H3,(H2,21,22,24)/t17-/m0/s1. The molecule has 1 aromatic carbocycles. The first-order valence-corrected chi connectivity index (χ1v) is 8.82. The van der Waals surface area contributed by atoms with Crippen LogP contribution in [0.3, 0.4) is 0 Å². The minimum Gasteiger partial charge on any atom is -0.468 e. The molecule has 1 aromatic heterocycles. The van der Waals surface area contributed by atoms with Crippen molar-refractivity contribution in [2.24, 2.45) is 0 Å². The van der Waals surface area contributed by atoms with Gasteiger partial charge in [0, 0.05) is 25.2 Å². The Balaban J connectivity index is 1.70. The van der Waals surface area contributed by atoms with Crippen LogP contribution in [0.15, 0.2) is 47.1 Å². The second-order valence-electron chi connectivity index (χ2n) is 7.61. The van der Waals surface area contributed by atoms with Gasteiger partial charge in [0.05, 0.1) is 12.3 Å². The molecule has 0 spiro atoms. The largest absolute Gasteiger partial charge is 0.468 e. The maximum absolute atomic E-state index is 12.1. The third-order valence-corrected chi connectivity index (χ3v) is 4.42. The number of benzene rings is 1. The molecule has 0 saturated carbocycles. The second kappa shape index (κ2) is 7.31. The summed E-state index contributed by atoms with van der Waals surface area (Å²) in [5.41, 5.74) is 2.51. The first-order chi connectivity index (χ1) is 11.9. The number of urea groups is 1. The van der Waals surface area contributed by atoms with Crippen molar-refractivity contribution in [1.82, 2.24) is 15.5 Å². The highest BCUT2D eigenvalue weighted by Crippen LogP contribution is 2.27. The molecule has 3 rings (SSSR count). The molecule has 1 atom stereocenters. The van der Waals surface area contributed by atoms with E-state index < -0.39 is 0 Å². The highest BCUT2D eigenvalue weighted by Gasteiger charge is 2.27. The zero-order valence-corrected chi connectivity index (χ0v) is 15.2. The van der Waals surface area contributed by atoms with Crippen LogP contribution < -0.4 is 10.6 Å². The lowest BCUT2D eigenvalue weighted by molar-refractivity contribution is 0.154. The van der Waals surface area contributed by atoms with Crippen molar-refractivity contribution in [3.8, 4) is 0 Å². The monoisotopic (exact) mass is 341 g/mol. The molecule has 1 aliphatic heterocycles. The summed E-state index contributed by atoms with van der Waals surface area (Å²) >= 11 is 0. The molecule has 0 saturated heterocycles. The minimum absolute atomic E-state index is 0.0223. The van der Waals surface area contributed by atoms with Crippen LogP contribution in [0.4, 0.5) is 4.79 Å². The first kappa shape index (κ1) is 17.5. The zero-order chi connectivity index (χ0) is 17.9. The van der Waals surface area contributed by atoms with Crippen molar-refractivity contribution in [1.29, 1.82) is 0 Å². The predicted octanol–water partition coefficient (Wildman–Crippen LogP) is 3.48. The van der Waals surface area contributed by atoms with Gasteiger partial charge >= 0.3 is 6.03 Å². The summed E-state index contributed by atoms with van der Waals surface area (Å²) in [5.74, 6) is 0.885. The Morgan fingerprint density at radius 3 is 2.64 bits per heavy atom. The Hall–Kier alpha value is -2.27. The van der Waals surface area contributed by atoms with Crippen molar-refractivity contribution >= 4 is 6.03 Å². The molecule has 0 unspecified atom stereocenters. The maximum Gasteiger partial charge on any atom is 0.315 e. The van der Waals surface area contributed by atoms with Crippen molar-refractivity contribution in [3.05, 3.63) is 59.5 Å². The lowest BCUT2D eigenvalue weighted by atomic mass is 9.98. The Morgan fingerprint density at radius 2 is 1.96 bits per heavy atom. The van der Waals surface area contributed by atoms with Gasteiger partial charge in [0.25, 0.3) is 0 Å². The van der Waals surface area contributed by atoms with Crippen LogP contribution >= 0.6 is 0 Å². The molecule has 5 heteroatoms. The number of amides is 2. The highest BCUT2D eigenvalue weighted by atomic mass is 16.3. The molecule has 2 amide bonds. The lowest BCUT2D eigenvalue weighted by Gasteiger charge is -2.35. The summed E-state index contributed by atoms with van der Waals surface area (Å²) in [6.07, 6.45) is 2.71. The van der Waals surface area contributed by atoms with Crippen molar-refractivity contribution in [2.75, 3.05) is 13.1 Å². The zero-order valence-electron chi connectivity index (χ0n) is 15.2. The summed E-state index contributed by atoms with van der Waals surface area (Å²) in [6, 6.07) is 12.3. The van der Waals surface area contributed by atoms with Gasteiger partial charge in [-0.05, 0) is 50.5 Å². The summed E-state index contributed by atoms with van der Waals surface area (Å²) in [7, 11) is 0. The summed E-state index contributed by atoms with van der Waals surface area (Å²) in [5, 5.41) is 5.94. The first-order valence-electron chi connectivity index (χ1n) is 8.82. The summed E-state index contributed by atoms with van der Waals surface area (Å²) in [4.78, 5) is 14.5. The number of carbonyl (C=O) groups is 1. The van der Waals surface area contributed by atoms with Crippen LogP contribution in [-0.4, -0.2) is 29.6 Å². The molecule has 0 aliphatic carbocycles. The molecule has 0 bridgehead atoms. The molecular formula is C20H27N3O2. The normalized spacial score (nSPS) is 16.1. The van der Waals surface area contributed by atoms with E-state index in [1.165, 1.54) is 11.1 Å². The van der Waals surface area contributed by atoms with E-state index in [9.17, 15) is 4.79 Å². The van der Waals surface area contributed by atoms with Crippen molar-refractivity contribution in [3.63, 3.8) is 0 Å². The number of carbonyl (C=O) groups excluding carboxylic acids is 1. The van der Waals surface area contributed by atoms with Gasteiger partial charge in [0.1, 0.15) is 5.76 Å². The number of rotatable bonds is 4. The van der Waals surface area contributed by atoms with Gasteiger partial charge in [-0.25, -0.2) is 4.79 Å². The van der Waals surface area contributed by atoms with Gasteiger partial charge in [0.15, 0.2) is 0 Å². The van der Waals surface area contributed by atoms with Crippen molar-refractivity contribution < 1.29 is 9.21 Å².